The van der Waals surface area contributed by atoms with Crippen LogP contribution in [0, 0.1) is 11.8 Å². The number of aliphatic hydroxyl groups is 1. The van der Waals surface area contributed by atoms with Gasteiger partial charge in [0.15, 0.2) is 5.25 Å². The minimum Gasteiger partial charge on any atom is -1.00 e. The van der Waals surface area contributed by atoms with Gasteiger partial charge in [0, 0.05) is 28.3 Å². The summed E-state index contributed by atoms with van der Waals surface area (Å²) in [6.07, 6.45) is 14.2. The molecule has 8 N–H and O–H groups in total. The van der Waals surface area contributed by atoms with Crippen molar-refractivity contribution in [2.75, 3.05) is 19.8 Å². The van der Waals surface area contributed by atoms with Gasteiger partial charge in [-0.15, -0.1) is 0 Å². The topological polar surface area (TPSA) is 240 Å². The van der Waals surface area contributed by atoms with Gasteiger partial charge in [-0.3, -0.25) is 35.2 Å². The number of carbonyl (C=O) groups excluding carboxylic acids is 2. The van der Waals surface area contributed by atoms with Crippen LogP contribution >= 0.6 is 0 Å². The van der Waals surface area contributed by atoms with Crippen molar-refractivity contribution < 1.29 is 116 Å². The first-order chi connectivity index (χ1) is 19.6. The Morgan fingerprint density at radius 3 is 1.45 bits per heavy atom. The van der Waals surface area contributed by atoms with E-state index in [1.165, 1.54) is 32.1 Å². The van der Waals surface area contributed by atoms with Crippen LogP contribution in [0.3, 0.4) is 0 Å². The molecule has 0 radical (unpaired) electrons. The van der Waals surface area contributed by atoms with Gasteiger partial charge in [0.1, 0.15) is 0 Å². The second kappa shape index (κ2) is 45.4. The largest absolute Gasteiger partial charge is 1.00 e. The van der Waals surface area contributed by atoms with Gasteiger partial charge >= 0.3 is 41.5 Å². The molecule has 0 saturated heterocycles. The quantitative estimate of drug-likeness (QED) is 0.0237. The summed E-state index contributed by atoms with van der Waals surface area (Å²) in [5.41, 5.74) is 0. The van der Waals surface area contributed by atoms with Crippen molar-refractivity contribution in [3.05, 3.63) is 0 Å². The molecule has 0 spiro atoms. The normalized spacial score (nSPS) is 11.8. The molecule has 3 atom stereocenters. The van der Waals surface area contributed by atoms with Crippen LogP contribution in [0.15, 0.2) is 0 Å². The van der Waals surface area contributed by atoms with Crippen molar-refractivity contribution in [3.63, 3.8) is 0 Å². The third-order valence-electron chi connectivity index (χ3n) is 6.51. The van der Waals surface area contributed by atoms with E-state index in [1.54, 1.807) is 0 Å². The molecule has 0 aromatic rings. The van der Waals surface area contributed by atoms with Crippen LogP contribution in [-0.2, 0) is 50.9 Å². The SMILES string of the molecule is CCCCC(CC)COC(=O)CC(C(=O)OCC(CC)CCCC)S(=O)(=O)O.CCCCCCCCO.O.OO.OO.[H-].[Na+].[Ti]. The summed E-state index contributed by atoms with van der Waals surface area (Å²) in [5.74, 6) is -1.61. The number of esters is 2. The van der Waals surface area contributed by atoms with E-state index in [1.807, 2.05) is 13.8 Å². The molecule has 264 valence electrons. The van der Waals surface area contributed by atoms with E-state index < -0.39 is 33.7 Å². The predicted octanol–water partition coefficient (Wildman–Crippen LogP) is 2.82. The third-order valence-corrected chi connectivity index (χ3v) is 7.59. The molecule has 13 nitrogen and oxygen atoms in total. The van der Waals surface area contributed by atoms with E-state index in [0.717, 1.165) is 57.8 Å². The molecular weight excluding hydrogens is 647 g/mol. The summed E-state index contributed by atoms with van der Waals surface area (Å²) in [7, 11) is -4.76. The molecular formula is C28H63NaO13STi. The van der Waals surface area contributed by atoms with Gasteiger partial charge in [-0.05, 0) is 31.1 Å². The fourth-order valence-corrected chi connectivity index (χ4v) is 4.37. The van der Waals surface area contributed by atoms with Gasteiger partial charge in [0.25, 0.3) is 10.1 Å². The van der Waals surface area contributed by atoms with Crippen molar-refractivity contribution in [3.8, 4) is 0 Å². The number of aliphatic hydroxyl groups excluding tert-OH is 1. The second-order valence-electron chi connectivity index (χ2n) is 9.85. The maximum atomic E-state index is 12.2. The van der Waals surface area contributed by atoms with Crippen molar-refractivity contribution in [1.82, 2.24) is 0 Å². The van der Waals surface area contributed by atoms with Gasteiger partial charge in [0.2, 0.25) is 0 Å². The molecule has 0 heterocycles. The maximum absolute atomic E-state index is 12.2. The molecule has 0 aromatic carbocycles. The van der Waals surface area contributed by atoms with Crippen LogP contribution in [0.25, 0.3) is 0 Å². The van der Waals surface area contributed by atoms with Crippen molar-refractivity contribution in [2.45, 2.75) is 136 Å². The summed E-state index contributed by atoms with van der Waals surface area (Å²) in [4.78, 5) is 24.2. The number of hydrogen-bond acceptors (Lipinski definition) is 11. The molecule has 0 aliphatic heterocycles. The summed E-state index contributed by atoms with van der Waals surface area (Å²) in [6, 6.07) is 0. The molecule has 3 unspecified atom stereocenters. The molecule has 0 aliphatic rings. The summed E-state index contributed by atoms with van der Waals surface area (Å²) < 4.78 is 42.8. The average Bonchev–Trinajstić information content (AvgIpc) is 2.97. The van der Waals surface area contributed by atoms with E-state index in [9.17, 15) is 22.6 Å². The maximum Gasteiger partial charge on any atom is 1.00 e. The first-order valence-corrected chi connectivity index (χ1v) is 16.4. The van der Waals surface area contributed by atoms with E-state index >= 15 is 0 Å². The first kappa shape index (κ1) is 59.7. The van der Waals surface area contributed by atoms with Gasteiger partial charge in [-0.1, -0.05) is 105 Å². The monoisotopic (exact) mass is 710 g/mol. The third kappa shape index (κ3) is 40.3. The molecule has 0 rings (SSSR count). The van der Waals surface area contributed by atoms with E-state index in [0.29, 0.717) is 6.61 Å². The molecule has 0 amide bonds. The van der Waals surface area contributed by atoms with Crippen LogP contribution in [0.1, 0.15) is 132 Å². The zero-order valence-corrected chi connectivity index (χ0v) is 32.4. The molecule has 0 fully saturated rings. The Bertz CT molecular complexity index is 675. The molecule has 0 aliphatic carbocycles. The Hall–Kier alpha value is 0.324. The Balaban J connectivity index is -0.000000115. The van der Waals surface area contributed by atoms with Crippen LogP contribution in [0.4, 0.5) is 0 Å². The Morgan fingerprint density at radius 1 is 0.705 bits per heavy atom. The predicted molar refractivity (Wildman–Crippen MR) is 164 cm³/mol. The molecule has 44 heavy (non-hydrogen) atoms. The number of carbonyl (C=O) groups is 2. The van der Waals surface area contributed by atoms with Crippen molar-refractivity contribution >= 4 is 22.1 Å². The standard InChI is InChI=1S/C20H38O7S.C8H18O.Na.2H2O2.H2O.Ti.H/c1-5-9-11-16(7-3)14-26-19(21)13-18(28(23,24)25)20(22)27-15-17(8-4)12-10-6-2;1-2-3-4-5-6-7-8-9;;2*1-2;;;/h16-18H,5-15H2,1-4H3,(H,23,24,25);9H,2-8H2,1H3;;2*1-2H;1H2;;/q;;+1;;;;;-1. The van der Waals surface area contributed by atoms with E-state index in [4.69, 9.17) is 35.6 Å². The fraction of sp³-hybridized carbons (Fsp3) is 0.929. The van der Waals surface area contributed by atoms with Crippen LogP contribution < -0.4 is 29.6 Å². The second-order valence-corrected chi connectivity index (χ2v) is 11.4. The first-order valence-electron chi connectivity index (χ1n) is 14.9. The Labute approximate surface area is 304 Å². The van der Waals surface area contributed by atoms with Crippen LogP contribution in [0.5, 0.6) is 0 Å². The zero-order chi connectivity index (χ0) is 32.5. The van der Waals surface area contributed by atoms with Crippen LogP contribution in [-0.4, -0.2) is 81.6 Å². The van der Waals surface area contributed by atoms with Gasteiger partial charge in [-0.25, -0.2) is 0 Å². The number of ether oxygens (including phenoxy) is 2. The Morgan fingerprint density at radius 2 is 1.09 bits per heavy atom. The number of hydrogen-bond donors (Lipinski definition) is 6. The fourth-order valence-electron chi connectivity index (χ4n) is 3.71. The Kier molecular flexibility index (Phi) is 61.7. The van der Waals surface area contributed by atoms with Gasteiger partial charge in [0.05, 0.1) is 19.6 Å². The van der Waals surface area contributed by atoms with Gasteiger partial charge in [-0.2, -0.15) is 8.42 Å². The average molecular weight is 711 g/mol. The smallest absolute Gasteiger partial charge is 1.00 e. The number of rotatable bonds is 22. The van der Waals surface area contributed by atoms with Crippen molar-refractivity contribution in [1.29, 1.82) is 0 Å². The minimum absolute atomic E-state index is 0. The van der Waals surface area contributed by atoms with E-state index in [2.05, 4.69) is 20.8 Å². The van der Waals surface area contributed by atoms with Crippen molar-refractivity contribution in [2.24, 2.45) is 11.8 Å². The van der Waals surface area contributed by atoms with Gasteiger partial charge < -0.3 is 21.5 Å². The molecule has 16 heteroatoms. The number of unbranched alkanes of at least 4 members (excludes halogenated alkanes) is 7. The minimum atomic E-state index is -4.76. The molecule has 0 aromatic heterocycles. The van der Waals surface area contributed by atoms with Crippen LogP contribution in [0.2, 0.25) is 0 Å². The summed E-state index contributed by atoms with van der Waals surface area (Å²) in [5, 5.41) is 30.5. The molecule has 0 saturated carbocycles. The van der Waals surface area contributed by atoms with E-state index in [-0.39, 0.29) is 83.2 Å². The summed E-state index contributed by atoms with van der Waals surface area (Å²) in [6.45, 7) is 10.9. The molecule has 0 bridgehead atoms. The zero-order valence-electron chi connectivity index (χ0n) is 29.0. The summed E-state index contributed by atoms with van der Waals surface area (Å²) >= 11 is 0.